The molecule has 0 aromatic heterocycles. The first-order chi connectivity index (χ1) is 11.0. The lowest BCUT2D eigenvalue weighted by Gasteiger charge is -2.28. The molecule has 124 valence electrons. The highest BCUT2D eigenvalue weighted by Crippen LogP contribution is 2.26. The number of piperidine rings is 1. The summed E-state index contributed by atoms with van der Waals surface area (Å²) in [7, 11) is 0. The van der Waals surface area contributed by atoms with Crippen molar-refractivity contribution < 1.29 is 9.59 Å². The Labute approximate surface area is 137 Å². The third kappa shape index (κ3) is 3.72. The van der Waals surface area contributed by atoms with Crippen molar-refractivity contribution >= 4 is 17.5 Å². The number of fused-ring (bicyclic) bond motifs is 1. The van der Waals surface area contributed by atoms with Crippen LogP contribution in [0, 0.1) is 5.92 Å². The van der Waals surface area contributed by atoms with Gasteiger partial charge in [0.15, 0.2) is 0 Å². The van der Waals surface area contributed by atoms with Gasteiger partial charge in [-0.3, -0.25) is 9.59 Å². The lowest BCUT2D eigenvalue weighted by Crippen LogP contribution is -2.43. The third-order valence-corrected chi connectivity index (χ3v) is 4.88. The van der Waals surface area contributed by atoms with Gasteiger partial charge in [0, 0.05) is 24.1 Å². The van der Waals surface area contributed by atoms with Crippen molar-refractivity contribution in [2.24, 2.45) is 5.92 Å². The molecular formula is C18H25N3O2. The molecule has 23 heavy (non-hydrogen) atoms. The van der Waals surface area contributed by atoms with Crippen LogP contribution in [0.2, 0.25) is 0 Å². The molecule has 5 nitrogen and oxygen atoms in total. The Morgan fingerprint density at radius 3 is 2.96 bits per heavy atom. The van der Waals surface area contributed by atoms with E-state index in [-0.39, 0.29) is 23.8 Å². The van der Waals surface area contributed by atoms with E-state index in [1.807, 2.05) is 19.1 Å². The van der Waals surface area contributed by atoms with Gasteiger partial charge in [-0.2, -0.15) is 0 Å². The third-order valence-electron chi connectivity index (χ3n) is 4.88. The molecule has 2 heterocycles. The van der Waals surface area contributed by atoms with Gasteiger partial charge < -0.3 is 16.0 Å². The monoisotopic (exact) mass is 315 g/mol. The normalized spacial score (nSPS) is 25.2. The van der Waals surface area contributed by atoms with Crippen LogP contribution in [0.1, 0.15) is 50.3 Å². The molecule has 1 aromatic rings. The molecule has 1 aromatic carbocycles. The van der Waals surface area contributed by atoms with Crippen molar-refractivity contribution in [3.8, 4) is 0 Å². The van der Waals surface area contributed by atoms with E-state index < -0.39 is 0 Å². The first-order valence-corrected chi connectivity index (χ1v) is 8.49. The highest BCUT2D eigenvalue weighted by atomic mass is 16.2. The molecule has 2 amide bonds. The Bertz CT molecular complexity index is 614. The minimum atomic E-state index is -0.0179. The molecule has 0 aliphatic carbocycles. The van der Waals surface area contributed by atoms with E-state index in [9.17, 15) is 9.59 Å². The van der Waals surface area contributed by atoms with Crippen LogP contribution in [0.5, 0.6) is 0 Å². The zero-order chi connectivity index (χ0) is 16.4. The van der Waals surface area contributed by atoms with Crippen molar-refractivity contribution in [2.45, 2.75) is 51.6 Å². The summed E-state index contributed by atoms with van der Waals surface area (Å²) in [6.07, 6.45) is 3.10. The summed E-state index contributed by atoms with van der Waals surface area (Å²) in [4.78, 5) is 23.9. The number of rotatable bonds is 3. The molecule has 1 unspecified atom stereocenters. The van der Waals surface area contributed by atoms with E-state index in [1.165, 1.54) is 0 Å². The molecule has 1 fully saturated rings. The summed E-state index contributed by atoms with van der Waals surface area (Å²) in [6.45, 7) is 5.05. The number of aryl methyl sites for hydroxylation is 1. The maximum absolute atomic E-state index is 12.5. The Kier molecular flexibility index (Phi) is 4.66. The van der Waals surface area contributed by atoms with Crippen LogP contribution < -0.4 is 16.0 Å². The molecule has 3 rings (SSSR count). The molecule has 5 heteroatoms. The minimum Gasteiger partial charge on any atom is -0.349 e. The highest BCUT2D eigenvalue weighted by molar-refractivity contribution is 5.93. The van der Waals surface area contributed by atoms with Gasteiger partial charge in [-0.15, -0.1) is 0 Å². The van der Waals surface area contributed by atoms with Crippen molar-refractivity contribution in [3.63, 3.8) is 0 Å². The summed E-state index contributed by atoms with van der Waals surface area (Å²) in [5.41, 5.74) is 3.14. The van der Waals surface area contributed by atoms with Gasteiger partial charge in [0.25, 0.3) is 0 Å². The second-order valence-corrected chi connectivity index (χ2v) is 6.77. The average molecular weight is 315 g/mol. The molecule has 0 radical (unpaired) electrons. The van der Waals surface area contributed by atoms with E-state index in [0.717, 1.165) is 42.6 Å². The molecule has 0 bridgehead atoms. The molecule has 2 aliphatic rings. The van der Waals surface area contributed by atoms with Crippen molar-refractivity contribution in [3.05, 3.63) is 29.3 Å². The lowest BCUT2D eigenvalue weighted by atomic mass is 9.92. The smallest absolute Gasteiger partial charge is 0.224 e. The van der Waals surface area contributed by atoms with Crippen LogP contribution in [-0.4, -0.2) is 24.4 Å². The summed E-state index contributed by atoms with van der Waals surface area (Å²) in [5.74, 6) is 0.328. The number of nitrogens with one attached hydrogen (secondary N) is 3. The van der Waals surface area contributed by atoms with Crippen LogP contribution in [0.25, 0.3) is 0 Å². The van der Waals surface area contributed by atoms with E-state index in [2.05, 4.69) is 28.9 Å². The van der Waals surface area contributed by atoms with E-state index >= 15 is 0 Å². The van der Waals surface area contributed by atoms with Crippen LogP contribution in [-0.2, 0) is 16.0 Å². The topological polar surface area (TPSA) is 70.2 Å². The summed E-state index contributed by atoms with van der Waals surface area (Å²) >= 11 is 0. The summed E-state index contributed by atoms with van der Waals surface area (Å²) < 4.78 is 0. The Balaban J connectivity index is 1.65. The maximum Gasteiger partial charge on any atom is 0.224 e. The average Bonchev–Trinajstić information content (AvgIpc) is 2.54. The van der Waals surface area contributed by atoms with Crippen LogP contribution in [0.15, 0.2) is 18.2 Å². The minimum absolute atomic E-state index is 0.0179. The van der Waals surface area contributed by atoms with E-state index in [0.29, 0.717) is 12.5 Å². The fourth-order valence-corrected chi connectivity index (χ4v) is 3.46. The van der Waals surface area contributed by atoms with Crippen molar-refractivity contribution in [1.82, 2.24) is 10.6 Å². The number of anilines is 1. The van der Waals surface area contributed by atoms with Gasteiger partial charge in [-0.25, -0.2) is 0 Å². The highest BCUT2D eigenvalue weighted by Gasteiger charge is 2.26. The zero-order valence-electron chi connectivity index (χ0n) is 13.8. The maximum atomic E-state index is 12.5. The van der Waals surface area contributed by atoms with Crippen molar-refractivity contribution in [2.75, 3.05) is 11.9 Å². The predicted molar refractivity (Wildman–Crippen MR) is 90.1 cm³/mol. The SMILES string of the molecule is CC(NC(=O)[C@H]1CCN[C@@H](C)C1)c1ccc2c(c1)CCC(=O)N2. The predicted octanol–water partition coefficient (Wildman–Crippen LogP) is 2.14. The fourth-order valence-electron chi connectivity index (χ4n) is 3.46. The standard InChI is InChI=1S/C18H25N3O2/c1-11-9-15(7-8-19-11)18(23)20-12(2)13-3-5-16-14(10-13)4-6-17(22)21-16/h3,5,10-12,15,19H,4,6-9H2,1-2H3,(H,20,23)(H,21,22)/t11-,12?,15-/m0/s1. The van der Waals surface area contributed by atoms with E-state index in [1.54, 1.807) is 0 Å². The molecular weight excluding hydrogens is 290 g/mol. The van der Waals surface area contributed by atoms with Gasteiger partial charge >= 0.3 is 0 Å². The van der Waals surface area contributed by atoms with Crippen LogP contribution >= 0.6 is 0 Å². The van der Waals surface area contributed by atoms with Gasteiger partial charge in [-0.1, -0.05) is 12.1 Å². The van der Waals surface area contributed by atoms with Crippen LogP contribution in [0.3, 0.4) is 0 Å². The molecule has 1 saturated heterocycles. The van der Waals surface area contributed by atoms with Crippen molar-refractivity contribution in [1.29, 1.82) is 0 Å². The van der Waals surface area contributed by atoms with Gasteiger partial charge in [0.2, 0.25) is 11.8 Å². The first kappa shape index (κ1) is 16.0. The number of benzene rings is 1. The number of amides is 2. The zero-order valence-corrected chi connectivity index (χ0v) is 13.8. The number of hydrogen-bond acceptors (Lipinski definition) is 3. The molecule has 3 N–H and O–H groups in total. The van der Waals surface area contributed by atoms with Gasteiger partial charge in [-0.05, 0) is 56.8 Å². The lowest BCUT2D eigenvalue weighted by molar-refractivity contribution is -0.126. The Morgan fingerprint density at radius 1 is 1.35 bits per heavy atom. The van der Waals surface area contributed by atoms with Crippen LogP contribution in [0.4, 0.5) is 5.69 Å². The largest absolute Gasteiger partial charge is 0.349 e. The molecule has 2 aliphatic heterocycles. The van der Waals surface area contributed by atoms with E-state index in [4.69, 9.17) is 0 Å². The van der Waals surface area contributed by atoms with Gasteiger partial charge in [0.05, 0.1) is 6.04 Å². The molecule has 0 spiro atoms. The summed E-state index contributed by atoms with van der Waals surface area (Å²) in [5, 5.41) is 9.41. The number of carbonyl (C=O) groups is 2. The second kappa shape index (κ2) is 6.71. The number of carbonyl (C=O) groups excluding carboxylic acids is 2. The molecule has 0 saturated carbocycles. The quantitative estimate of drug-likeness (QED) is 0.800. The molecule has 3 atom stereocenters. The second-order valence-electron chi connectivity index (χ2n) is 6.77. The number of hydrogen-bond donors (Lipinski definition) is 3. The summed E-state index contributed by atoms with van der Waals surface area (Å²) in [6, 6.07) is 6.42. The fraction of sp³-hybridized carbons (Fsp3) is 0.556. The Morgan fingerprint density at radius 2 is 2.17 bits per heavy atom. The first-order valence-electron chi connectivity index (χ1n) is 8.49. The van der Waals surface area contributed by atoms with Gasteiger partial charge in [0.1, 0.15) is 0 Å². The Hall–Kier alpha value is -1.88.